The Kier molecular flexibility index (Phi) is 4.10. The van der Waals surface area contributed by atoms with Gasteiger partial charge in [-0.15, -0.1) is 0 Å². The van der Waals surface area contributed by atoms with E-state index in [4.69, 9.17) is 9.15 Å². The van der Waals surface area contributed by atoms with Gasteiger partial charge in [0.1, 0.15) is 17.0 Å². The summed E-state index contributed by atoms with van der Waals surface area (Å²) in [5, 5.41) is 9.20. The fourth-order valence-electron chi connectivity index (χ4n) is 1.97. The third-order valence-electron chi connectivity index (χ3n) is 3.06. The van der Waals surface area contributed by atoms with Crippen LogP contribution in [0.2, 0.25) is 0 Å². The van der Waals surface area contributed by atoms with Crippen molar-refractivity contribution in [3.63, 3.8) is 0 Å². The molecule has 0 aliphatic rings. The number of aromatic hydroxyl groups is 1. The number of benzene rings is 2. The summed E-state index contributed by atoms with van der Waals surface area (Å²) in [6.07, 6.45) is 0.730. The van der Waals surface area contributed by atoms with E-state index in [0.717, 1.165) is 23.3 Å². The van der Waals surface area contributed by atoms with Gasteiger partial charge in [-0.2, -0.15) is 0 Å². The molecule has 0 saturated carbocycles. The predicted octanol–water partition coefficient (Wildman–Crippen LogP) is 4.44. The minimum atomic E-state index is 0.00187. The van der Waals surface area contributed by atoms with Gasteiger partial charge >= 0.3 is 0 Å². The molecular weight excluding hydrogens is 334 g/mol. The van der Waals surface area contributed by atoms with Crippen molar-refractivity contribution in [1.82, 2.24) is 4.98 Å². The lowest BCUT2D eigenvalue weighted by Crippen LogP contribution is -2.01. The number of aromatic nitrogens is 1. The molecule has 2 aromatic carbocycles. The van der Waals surface area contributed by atoms with E-state index in [1.165, 1.54) is 0 Å². The molecule has 0 spiro atoms. The van der Waals surface area contributed by atoms with Crippen LogP contribution >= 0.6 is 15.9 Å². The summed E-state index contributed by atoms with van der Waals surface area (Å²) in [6.45, 7) is 0.527. The maximum atomic E-state index is 9.20. The van der Waals surface area contributed by atoms with Crippen LogP contribution in [-0.2, 0) is 0 Å². The number of para-hydroxylation sites is 2. The van der Waals surface area contributed by atoms with Gasteiger partial charge in [0.05, 0.1) is 11.4 Å². The second-order valence-electron chi connectivity index (χ2n) is 4.62. The molecular formula is C16H14BrNO3. The zero-order valence-corrected chi connectivity index (χ0v) is 12.8. The maximum Gasteiger partial charge on any atom is 0.209 e. The fraction of sp³-hybridized carbons (Fsp3) is 0.188. The Morgan fingerprint density at radius 2 is 1.90 bits per heavy atom. The molecule has 1 atom stereocenters. The average Bonchev–Trinajstić information content (AvgIpc) is 2.93. The summed E-state index contributed by atoms with van der Waals surface area (Å²) >= 11 is 3.57. The van der Waals surface area contributed by atoms with Gasteiger partial charge in [0.25, 0.3) is 0 Å². The molecule has 0 amide bonds. The smallest absolute Gasteiger partial charge is 0.209 e. The number of phenols is 1. The first-order valence-electron chi connectivity index (χ1n) is 6.64. The van der Waals surface area contributed by atoms with Crippen molar-refractivity contribution in [3.8, 4) is 11.5 Å². The minimum Gasteiger partial charge on any atom is -0.508 e. The highest BCUT2D eigenvalue weighted by Crippen LogP contribution is 2.29. The largest absolute Gasteiger partial charge is 0.508 e. The Bertz CT molecular complexity index is 691. The first-order chi connectivity index (χ1) is 10.2. The van der Waals surface area contributed by atoms with E-state index in [9.17, 15) is 5.11 Å². The number of phenolic OH excluding ortho intramolecular Hbond substituents is 1. The molecule has 3 aromatic rings. The van der Waals surface area contributed by atoms with Crippen LogP contribution in [0, 0.1) is 0 Å². The van der Waals surface area contributed by atoms with Crippen molar-refractivity contribution in [3.05, 3.63) is 54.4 Å². The number of nitrogens with zero attached hydrogens (tertiary/aromatic N) is 1. The molecule has 108 valence electrons. The zero-order valence-electron chi connectivity index (χ0n) is 11.2. The van der Waals surface area contributed by atoms with Crippen LogP contribution in [0.25, 0.3) is 11.1 Å². The first kappa shape index (κ1) is 13.9. The van der Waals surface area contributed by atoms with Gasteiger partial charge < -0.3 is 14.3 Å². The Labute approximate surface area is 130 Å². The standard InChI is InChI=1S/C16H14BrNO3/c17-13(9-10-20-12-7-5-11(19)6-8-12)16-18-14-3-1-2-4-15(14)21-16/h1-8,13,19H,9-10H2. The molecule has 3 rings (SSSR count). The Morgan fingerprint density at radius 1 is 1.14 bits per heavy atom. The zero-order chi connectivity index (χ0) is 14.7. The molecule has 5 heteroatoms. The van der Waals surface area contributed by atoms with Gasteiger partial charge in [-0.25, -0.2) is 4.98 Å². The quantitative estimate of drug-likeness (QED) is 0.693. The number of alkyl halides is 1. The van der Waals surface area contributed by atoms with Crippen molar-refractivity contribution >= 4 is 27.0 Å². The van der Waals surface area contributed by atoms with Crippen LogP contribution in [0.1, 0.15) is 17.1 Å². The van der Waals surface area contributed by atoms with Gasteiger partial charge in [-0.1, -0.05) is 28.1 Å². The number of oxazole rings is 1. The average molecular weight is 348 g/mol. The third-order valence-corrected chi connectivity index (χ3v) is 3.90. The minimum absolute atomic E-state index is 0.00187. The topological polar surface area (TPSA) is 55.5 Å². The predicted molar refractivity (Wildman–Crippen MR) is 83.9 cm³/mol. The Hall–Kier alpha value is -2.01. The molecule has 0 aliphatic heterocycles. The molecule has 1 heterocycles. The second-order valence-corrected chi connectivity index (χ2v) is 5.72. The van der Waals surface area contributed by atoms with Crippen molar-refractivity contribution < 1.29 is 14.3 Å². The highest BCUT2D eigenvalue weighted by atomic mass is 79.9. The Balaban J connectivity index is 1.58. The maximum absolute atomic E-state index is 9.20. The normalized spacial score (nSPS) is 12.4. The molecule has 4 nitrogen and oxygen atoms in total. The van der Waals surface area contributed by atoms with Crippen molar-refractivity contribution in [2.75, 3.05) is 6.61 Å². The van der Waals surface area contributed by atoms with Crippen LogP contribution in [0.4, 0.5) is 0 Å². The van der Waals surface area contributed by atoms with Crippen LogP contribution < -0.4 is 4.74 Å². The number of hydrogen-bond acceptors (Lipinski definition) is 4. The van der Waals surface area contributed by atoms with Gasteiger partial charge in [0.15, 0.2) is 5.58 Å². The van der Waals surface area contributed by atoms with E-state index < -0.39 is 0 Å². The van der Waals surface area contributed by atoms with E-state index in [2.05, 4.69) is 20.9 Å². The molecule has 21 heavy (non-hydrogen) atoms. The summed E-state index contributed by atoms with van der Waals surface area (Å²) in [6, 6.07) is 14.4. The van der Waals surface area contributed by atoms with Gasteiger partial charge in [-0.3, -0.25) is 0 Å². The van der Waals surface area contributed by atoms with E-state index >= 15 is 0 Å². The van der Waals surface area contributed by atoms with Crippen LogP contribution in [0.5, 0.6) is 11.5 Å². The first-order valence-corrected chi connectivity index (χ1v) is 7.55. The molecule has 0 saturated heterocycles. The summed E-state index contributed by atoms with van der Waals surface area (Å²) in [5.41, 5.74) is 1.65. The summed E-state index contributed by atoms with van der Waals surface area (Å²) in [7, 11) is 0. The molecule has 1 aromatic heterocycles. The summed E-state index contributed by atoms with van der Waals surface area (Å²) in [5.74, 6) is 1.61. The van der Waals surface area contributed by atoms with E-state index in [1.54, 1.807) is 24.3 Å². The molecule has 0 aliphatic carbocycles. The molecule has 0 radical (unpaired) electrons. The molecule has 1 unspecified atom stereocenters. The van der Waals surface area contributed by atoms with Crippen molar-refractivity contribution in [1.29, 1.82) is 0 Å². The molecule has 0 bridgehead atoms. The monoisotopic (exact) mass is 347 g/mol. The molecule has 1 N–H and O–H groups in total. The fourth-order valence-corrected chi connectivity index (χ4v) is 2.35. The van der Waals surface area contributed by atoms with Crippen molar-refractivity contribution in [2.45, 2.75) is 11.2 Å². The van der Waals surface area contributed by atoms with Gasteiger partial charge in [-0.05, 0) is 36.4 Å². The highest BCUT2D eigenvalue weighted by molar-refractivity contribution is 9.09. The lowest BCUT2D eigenvalue weighted by Gasteiger charge is -2.08. The second kappa shape index (κ2) is 6.18. The summed E-state index contributed by atoms with van der Waals surface area (Å²) < 4.78 is 11.3. The SMILES string of the molecule is Oc1ccc(OCCC(Br)c2nc3ccccc3o2)cc1. The van der Waals surface area contributed by atoms with Crippen LogP contribution in [0.3, 0.4) is 0 Å². The lowest BCUT2D eigenvalue weighted by atomic mass is 10.3. The van der Waals surface area contributed by atoms with Gasteiger partial charge in [0.2, 0.25) is 5.89 Å². The number of ether oxygens (including phenoxy) is 1. The number of hydrogen-bond donors (Lipinski definition) is 1. The number of fused-ring (bicyclic) bond motifs is 1. The van der Waals surface area contributed by atoms with Gasteiger partial charge in [0, 0.05) is 6.42 Å². The van der Waals surface area contributed by atoms with Crippen molar-refractivity contribution in [2.24, 2.45) is 0 Å². The highest BCUT2D eigenvalue weighted by Gasteiger charge is 2.15. The van der Waals surface area contributed by atoms with Crippen LogP contribution in [-0.4, -0.2) is 16.7 Å². The van der Waals surface area contributed by atoms with E-state index in [1.807, 2.05) is 24.3 Å². The molecule has 0 fully saturated rings. The lowest BCUT2D eigenvalue weighted by molar-refractivity contribution is 0.304. The van der Waals surface area contributed by atoms with Crippen LogP contribution in [0.15, 0.2) is 52.9 Å². The third kappa shape index (κ3) is 3.36. The van der Waals surface area contributed by atoms with E-state index in [0.29, 0.717) is 12.5 Å². The Morgan fingerprint density at radius 3 is 2.67 bits per heavy atom. The number of halogens is 1. The number of rotatable bonds is 5. The summed E-state index contributed by atoms with van der Waals surface area (Å²) in [4.78, 5) is 4.45. The van der Waals surface area contributed by atoms with E-state index in [-0.39, 0.29) is 10.6 Å².